The summed E-state index contributed by atoms with van der Waals surface area (Å²) in [4.78, 5) is 0. The number of rotatable bonds is 0. The fourth-order valence-electron chi connectivity index (χ4n) is 0. The Morgan fingerprint density at radius 3 is 0.750 bits per heavy atom. The Hall–Kier alpha value is 2.37. The van der Waals surface area contributed by atoms with Crippen molar-refractivity contribution in [3.05, 3.63) is 0 Å². The van der Waals surface area contributed by atoms with E-state index in [2.05, 4.69) is 0 Å². The number of hydrogen-bond donors (Lipinski definition) is 0. The summed E-state index contributed by atoms with van der Waals surface area (Å²) in [5.74, 6) is 0. The van der Waals surface area contributed by atoms with Crippen molar-refractivity contribution in [2.45, 2.75) is 0 Å². The summed E-state index contributed by atoms with van der Waals surface area (Å²) < 4.78 is 0. The van der Waals surface area contributed by atoms with Crippen LogP contribution in [0.15, 0.2) is 0 Å². The average Bonchev–Trinajstić information content (AvgIpc) is 0. The van der Waals surface area contributed by atoms with E-state index in [0.717, 1.165) is 0 Å². The summed E-state index contributed by atoms with van der Waals surface area (Å²) in [6.45, 7) is 0. The summed E-state index contributed by atoms with van der Waals surface area (Å²) >= 11 is 0. The van der Waals surface area contributed by atoms with E-state index < -0.39 is 0 Å². The van der Waals surface area contributed by atoms with Crippen LogP contribution in [-0.4, -0.2) is 45.6 Å². The molecule has 0 fully saturated rings. The van der Waals surface area contributed by atoms with Crippen LogP contribution < -0.4 is 0 Å². The van der Waals surface area contributed by atoms with Crippen molar-refractivity contribution in [2.75, 3.05) is 0 Å². The van der Waals surface area contributed by atoms with Crippen LogP contribution in [0.1, 0.15) is 0 Å². The summed E-state index contributed by atoms with van der Waals surface area (Å²) in [5.41, 5.74) is 0. The molecule has 0 unspecified atom stereocenters. The summed E-state index contributed by atoms with van der Waals surface area (Å²) in [7, 11) is 0. The molecule has 0 aromatic rings. The molecule has 0 bridgehead atoms. The maximum absolute atomic E-state index is 0. The molecule has 0 saturated carbocycles. The summed E-state index contributed by atoms with van der Waals surface area (Å²) in [5, 5.41) is 0. The van der Waals surface area contributed by atoms with Gasteiger partial charge in [0, 0.05) is 0 Å². The fraction of sp³-hybridized carbons (Fsp3) is 0. The van der Waals surface area contributed by atoms with Crippen molar-refractivity contribution in [3.63, 3.8) is 0 Å². The van der Waals surface area contributed by atoms with Gasteiger partial charge in [0.2, 0.25) is 0 Å². The zero-order valence-electron chi connectivity index (χ0n) is 2.05. The molecule has 4 heavy (non-hydrogen) atoms. The second-order valence-electron chi connectivity index (χ2n) is 0. The Balaban J connectivity index is 0. The smallest absolute Gasteiger partial charge is 3.00 e. The second kappa shape index (κ2) is 18.3. The zero-order valence-corrected chi connectivity index (χ0v) is 9.56. The molecule has 0 aliphatic heterocycles. The summed E-state index contributed by atoms with van der Waals surface area (Å²) in [6.07, 6.45) is 0. The fourth-order valence-corrected chi connectivity index (χ4v) is 0. The molecule has 0 aromatic heterocycles. The third-order valence-electron chi connectivity index (χ3n) is 0. The van der Waals surface area contributed by atoms with E-state index in [4.69, 9.17) is 0 Å². The minimum atomic E-state index is 0. The van der Waals surface area contributed by atoms with Crippen LogP contribution in [0.5, 0.6) is 0 Å². The van der Waals surface area contributed by atoms with Crippen LogP contribution in [-0.2, 0) is 0 Å². The Morgan fingerprint density at radius 1 is 0.750 bits per heavy atom. The van der Waals surface area contributed by atoms with Crippen LogP contribution in [0, 0.1) is 0 Å². The van der Waals surface area contributed by atoms with Crippen LogP contribution >= 0.6 is 19.8 Å². The van der Waals surface area contributed by atoms with Gasteiger partial charge in [-0.3, -0.25) is 0 Å². The van der Waals surface area contributed by atoms with Crippen molar-refractivity contribution in [1.29, 1.82) is 0 Å². The molecule has 0 spiro atoms. The number of hydrogen-bond acceptors (Lipinski definition) is 0. The minimum Gasteiger partial charge on any atom is -3.00 e. The van der Waals surface area contributed by atoms with Gasteiger partial charge in [0.25, 0.3) is 0 Å². The minimum absolute atomic E-state index is 0. The molecule has 0 nitrogen and oxygen atoms in total. The van der Waals surface area contributed by atoms with E-state index in [1.807, 2.05) is 0 Å². The maximum Gasteiger partial charge on any atom is 3.00 e. The van der Waals surface area contributed by atoms with Gasteiger partial charge in [-0.15, -0.1) is 0 Å². The molecular weight excluding hydrogens is 246 g/mol. The van der Waals surface area contributed by atoms with E-state index in [-0.39, 0.29) is 65.4 Å². The van der Waals surface area contributed by atoms with Gasteiger partial charge in [0.1, 0.15) is 0 Å². The van der Waals surface area contributed by atoms with Crippen molar-refractivity contribution < 1.29 is 0 Å². The largest absolute Gasteiger partial charge is 3.00 e. The molecule has 0 rings (SSSR count). The first-order valence-corrected chi connectivity index (χ1v) is 0. The molecule has 0 N–H and O–H groups in total. The summed E-state index contributed by atoms with van der Waals surface area (Å²) in [6, 6.07) is 0. The van der Waals surface area contributed by atoms with E-state index in [0.29, 0.717) is 0 Å². The Bertz CT molecular complexity index is 6.00. The molecule has 0 aliphatic carbocycles. The molecule has 0 radical (unpaired) electrons. The molecule has 0 aliphatic rings. The molecule has 4 heteroatoms. The van der Waals surface area contributed by atoms with Crippen molar-refractivity contribution in [2.24, 2.45) is 0 Å². The van der Waals surface area contributed by atoms with E-state index in [1.54, 1.807) is 0 Å². The van der Waals surface area contributed by atoms with Crippen LogP contribution in [0.4, 0.5) is 0 Å². The molecule has 16 valence electrons. The molecule has 0 atom stereocenters. The zero-order chi connectivity index (χ0) is 0. The van der Waals surface area contributed by atoms with Gasteiger partial charge in [0.05, 0.1) is 0 Å². The average molecular weight is 246 g/mol. The van der Waals surface area contributed by atoms with Gasteiger partial charge in [-0.1, -0.05) is 0 Å². The van der Waals surface area contributed by atoms with E-state index in [9.17, 15) is 0 Å². The van der Waals surface area contributed by atoms with Crippen LogP contribution in [0.3, 0.4) is 0 Å². The topological polar surface area (TPSA) is 0 Å². The van der Waals surface area contributed by atoms with Gasteiger partial charge >= 0.3 is 45.6 Å². The monoisotopic (exact) mass is 246 g/mol. The molecule has 0 saturated heterocycles. The van der Waals surface area contributed by atoms with Crippen molar-refractivity contribution >= 4 is 65.4 Å². The standard InChI is InChI=1S/Ga.In.2P/q2*+3;2*-3. The maximum atomic E-state index is 0. The normalized spacial score (nSPS) is 0. The Labute approximate surface area is 65.0 Å². The van der Waals surface area contributed by atoms with Gasteiger partial charge in [-0.2, -0.15) is 0 Å². The van der Waals surface area contributed by atoms with Gasteiger partial charge in [0.15, 0.2) is 0 Å². The third kappa shape index (κ3) is 8.84. The first-order valence-electron chi connectivity index (χ1n) is 0. The van der Waals surface area contributed by atoms with Gasteiger partial charge in [-0.25, -0.2) is 0 Å². The molecule has 0 amide bonds. The predicted octanol–water partition coefficient (Wildman–Crippen LogP) is 0.961. The van der Waals surface area contributed by atoms with Crippen molar-refractivity contribution in [3.8, 4) is 0 Å². The Kier molecular flexibility index (Phi) is 150. The molecule has 0 heterocycles. The second-order valence-corrected chi connectivity index (χ2v) is 0. The quantitative estimate of drug-likeness (QED) is 0.441. The van der Waals surface area contributed by atoms with Crippen LogP contribution in [0.25, 0.3) is 0 Å². The van der Waals surface area contributed by atoms with Crippen molar-refractivity contribution in [1.82, 2.24) is 0 Å². The third-order valence-corrected chi connectivity index (χ3v) is 0. The Morgan fingerprint density at radius 2 is 0.750 bits per heavy atom. The van der Waals surface area contributed by atoms with Gasteiger partial charge < -0.3 is 19.8 Å². The predicted molar refractivity (Wildman–Crippen MR) is 25.3 cm³/mol. The van der Waals surface area contributed by atoms with E-state index >= 15 is 0 Å². The first kappa shape index (κ1) is 32.7. The van der Waals surface area contributed by atoms with Crippen LogP contribution in [0.2, 0.25) is 0 Å². The first-order chi connectivity index (χ1) is 0. The SMILES string of the molecule is [Ga+3].[In+3].[P-3].[P-3]. The molecular formula is GaInP2. The van der Waals surface area contributed by atoms with Gasteiger partial charge in [-0.05, 0) is 0 Å². The molecule has 0 aromatic carbocycles. The van der Waals surface area contributed by atoms with E-state index in [1.165, 1.54) is 0 Å².